The van der Waals surface area contributed by atoms with Crippen LogP contribution in [-0.4, -0.2) is 17.1 Å². The van der Waals surface area contributed by atoms with E-state index in [0.717, 1.165) is 0 Å². The van der Waals surface area contributed by atoms with Crippen LogP contribution in [0, 0.1) is 5.92 Å². The number of hydrogen-bond acceptors (Lipinski definition) is 1. The number of halogens is 2. The third-order valence-electron chi connectivity index (χ3n) is 2.13. The molecule has 0 saturated heterocycles. The molecule has 1 aliphatic rings. The molecule has 0 aromatic heterocycles. The summed E-state index contributed by atoms with van der Waals surface area (Å²) in [4.78, 5) is 0. The molecule has 0 spiro atoms. The zero-order valence-corrected chi connectivity index (χ0v) is 5.98. The van der Waals surface area contributed by atoms with Gasteiger partial charge in [-0.3, -0.25) is 0 Å². The summed E-state index contributed by atoms with van der Waals surface area (Å²) in [5, 5.41) is 9.03. The Bertz CT molecular complexity index is 125. The lowest BCUT2D eigenvalue weighted by molar-refractivity contribution is -0.0941. The molecule has 1 saturated carbocycles. The minimum atomic E-state index is -2.62. The Morgan fingerprint density at radius 3 is 2.50 bits per heavy atom. The second-order valence-corrected chi connectivity index (χ2v) is 3.14. The number of rotatable bonds is 0. The predicted molar refractivity (Wildman–Crippen MR) is 34.0 cm³/mol. The van der Waals surface area contributed by atoms with Crippen molar-refractivity contribution < 1.29 is 13.9 Å². The molecule has 2 atom stereocenters. The maximum atomic E-state index is 12.5. The fraction of sp³-hybridized carbons (Fsp3) is 1.00. The van der Waals surface area contributed by atoms with Crippen LogP contribution in [-0.2, 0) is 0 Å². The van der Waals surface area contributed by atoms with Gasteiger partial charge in [0.15, 0.2) is 0 Å². The molecule has 0 bridgehead atoms. The topological polar surface area (TPSA) is 20.2 Å². The van der Waals surface area contributed by atoms with Gasteiger partial charge in [0, 0.05) is 12.8 Å². The van der Waals surface area contributed by atoms with Crippen LogP contribution in [0.15, 0.2) is 0 Å². The van der Waals surface area contributed by atoms with Gasteiger partial charge in [0.05, 0.1) is 6.10 Å². The lowest BCUT2D eigenvalue weighted by Crippen LogP contribution is -2.34. The SMILES string of the molecule is CC1CCC(F)(F)CC1O. The molecule has 1 fully saturated rings. The molecule has 0 radical (unpaired) electrons. The highest BCUT2D eigenvalue weighted by atomic mass is 19.3. The normalized spacial score (nSPS) is 39.6. The maximum Gasteiger partial charge on any atom is 0.250 e. The van der Waals surface area contributed by atoms with Gasteiger partial charge in [-0.1, -0.05) is 6.92 Å². The Kier molecular flexibility index (Phi) is 1.95. The fourth-order valence-corrected chi connectivity index (χ4v) is 1.24. The third-order valence-corrected chi connectivity index (χ3v) is 2.13. The monoisotopic (exact) mass is 150 g/mol. The van der Waals surface area contributed by atoms with Gasteiger partial charge < -0.3 is 5.11 Å². The molecule has 60 valence electrons. The van der Waals surface area contributed by atoms with E-state index in [0.29, 0.717) is 6.42 Å². The summed E-state index contributed by atoms with van der Waals surface area (Å²) in [5.74, 6) is -2.58. The van der Waals surface area contributed by atoms with Crippen LogP contribution < -0.4 is 0 Å². The zero-order valence-electron chi connectivity index (χ0n) is 5.98. The van der Waals surface area contributed by atoms with Crippen LogP contribution in [0.3, 0.4) is 0 Å². The molecule has 1 N–H and O–H groups in total. The molecular weight excluding hydrogens is 138 g/mol. The number of hydrogen-bond donors (Lipinski definition) is 1. The van der Waals surface area contributed by atoms with E-state index in [4.69, 9.17) is 5.11 Å². The van der Waals surface area contributed by atoms with E-state index in [1.54, 1.807) is 6.92 Å². The summed E-state index contributed by atoms with van der Waals surface area (Å²) < 4.78 is 24.9. The van der Waals surface area contributed by atoms with E-state index < -0.39 is 12.0 Å². The molecule has 0 aromatic rings. The van der Waals surface area contributed by atoms with Gasteiger partial charge in [0.2, 0.25) is 0 Å². The highest BCUT2D eigenvalue weighted by Gasteiger charge is 2.38. The first-order valence-electron chi connectivity index (χ1n) is 3.57. The molecule has 0 amide bonds. The van der Waals surface area contributed by atoms with Crippen molar-refractivity contribution in [2.24, 2.45) is 5.92 Å². The van der Waals surface area contributed by atoms with Gasteiger partial charge in [0.25, 0.3) is 5.92 Å². The van der Waals surface area contributed by atoms with Crippen LogP contribution in [0.4, 0.5) is 8.78 Å². The van der Waals surface area contributed by atoms with Gasteiger partial charge >= 0.3 is 0 Å². The average Bonchev–Trinajstić information content (AvgIpc) is 1.79. The highest BCUT2D eigenvalue weighted by Crippen LogP contribution is 2.35. The minimum Gasteiger partial charge on any atom is -0.393 e. The van der Waals surface area contributed by atoms with Gasteiger partial charge in [-0.25, -0.2) is 8.78 Å². The van der Waals surface area contributed by atoms with Crippen molar-refractivity contribution >= 4 is 0 Å². The van der Waals surface area contributed by atoms with Gasteiger partial charge in [-0.15, -0.1) is 0 Å². The van der Waals surface area contributed by atoms with Crippen molar-refractivity contribution in [2.75, 3.05) is 0 Å². The lowest BCUT2D eigenvalue weighted by Gasteiger charge is -2.30. The van der Waals surface area contributed by atoms with Crippen molar-refractivity contribution in [3.63, 3.8) is 0 Å². The van der Waals surface area contributed by atoms with Crippen molar-refractivity contribution in [3.05, 3.63) is 0 Å². The first-order valence-corrected chi connectivity index (χ1v) is 3.57. The molecule has 0 aromatic carbocycles. The van der Waals surface area contributed by atoms with Crippen LogP contribution in [0.2, 0.25) is 0 Å². The molecule has 0 aliphatic heterocycles. The number of aliphatic hydroxyl groups is 1. The van der Waals surface area contributed by atoms with Gasteiger partial charge in [0.1, 0.15) is 0 Å². The Morgan fingerprint density at radius 2 is 2.10 bits per heavy atom. The number of alkyl halides is 2. The maximum absolute atomic E-state index is 12.5. The zero-order chi connectivity index (χ0) is 7.78. The second kappa shape index (κ2) is 2.46. The summed E-state index contributed by atoms with van der Waals surface area (Å²) >= 11 is 0. The van der Waals surface area contributed by atoms with Crippen LogP contribution in [0.25, 0.3) is 0 Å². The summed E-state index contributed by atoms with van der Waals surface area (Å²) in [6, 6.07) is 0. The molecule has 10 heavy (non-hydrogen) atoms. The molecule has 3 heteroatoms. The summed E-state index contributed by atoms with van der Waals surface area (Å²) in [5.41, 5.74) is 0. The van der Waals surface area contributed by atoms with Crippen LogP contribution >= 0.6 is 0 Å². The average molecular weight is 150 g/mol. The summed E-state index contributed by atoms with van der Waals surface area (Å²) in [6.45, 7) is 1.81. The van der Waals surface area contributed by atoms with Crippen LogP contribution in [0.5, 0.6) is 0 Å². The van der Waals surface area contributed by atoms with E-state index in [1.165, 1.54) is 0 Å². The molecule has 1 aliphatic carbocycles. The Hall–Kier alpha value is -0.180. The third kappa shape index (κ3) is 1.66. The number of aliphatic hydroxyl groups excluding tert-OH is 1. The molecule has 1 rings (SSSR count). The van der Waals surface area contributed by atoms with E-state index >= 15 is 0 Å². The lowest BCUT2D eigenvalue weighted by atomic mass is 9.86. The minimum absolute atomic E-state index is 0.0413. The largest absolute Gasteiger partial charge is 0.393 e. The van der Waals surface area contributed by atoms with Crippen LogP contribution in [0.1, 0.15) is 26.2 Å². The first kappa shape index (κ1) is 7.92. The summed E-state index contributed by atoms with van der Waals surface area (Å²) in [6.07, 6.45) is -0.781. The highest BCUT2D eigenvalue weighted by molar-refractivity contribution is 4.81. The standard InChI is InChI=1S/C7H12F2O/c1-5-2-3-7(8,9)4-6(5)10/h5-6,10H,2-4H2,1H3. The molecular formula is C7H12F2O. The summed E-state index contributed by atoms with van der Waals surface area (Å²) in [7, 11) is 0. The van der Waals surface area contributed by atoms with Gasteiger partial charge in [-0.05, 0) is 12.3 Å². The Labute approximate surface area is 59.0 Å². The fourth-order valence-electron chi connectivity index (χ4n) is 1.24. The smallest absolute Gasteiger partial charge is 0.250 e. The van der Waals surface area contributed by atoms with E-state index in [2.05, 4.69) is 0 Å². The predicted octanol–water partition coefficient (Wildman–Crippen LogP) is 1.80. The Balaban J connectivity index is 2.49. The second-order valence-electron chi connectivity index (χ2n) is 3.14. The van der Waals surface area contributed by atoms with E-state index in [1.807, 2.05) is 0 Å². The Morgan fingerprint density at radius 1 is 1.50 bits per heavy atom. The van der Waals surface area contributed by atoms with Crippen molar-refractivity contribution in [1.29, 1.82) is 0 Å². The van der Waals surface area contributed by atoms with E-state index in [-0.39, 0.29) is 18.8 Å². The van der Waals surface area contributed by atoms with E-state index in [9.17, 15) is 8.78 Å². The molecule has 2 unspecified atom stereocenters. The quantitative estimate of drug-likeness (QED) is 0.558. The van der Waals surface area contributed by atoms with Crippen molar-refractivity contribution in [2.45, 2.75) is 38.2 Å². The van der Waals surface area contributed by atoms with Gasteiger partial charge in [-0.2, -0.15) is 0 Å². The first-order chi connectivity index (χ1) is 4.51. The van der Waals surface area contributed by atoms with Crippen molar-refractivity contribution in [3.8, 4) is 0 Å². The van der Waals surface area contributed by atoms with Crippen molar-refractivity contribution in [1.82, 2.24) is 0 Å². The molecule has 0 heterocycles. The molecule has 1 nitrogen and oxygen atoms in total.